The number of aryl methyl sites for hydroxylation is 1. The average molecular weight is 415 g/mol. The molecule has 9 heteroatoms. The maximum Gasteiger partial charge on any atom is 0.419 e. The van der Waals surface area contributed by atoms with Crippen molar-refractivity contribution in [2.24, 2.45) is 0 Å². The summed E-state index contributed by atoms with van der Waals surface area (Å²) in [4.78, 5) is 23.6. The molecule has 2 rings (SSSR count). The van der Waals surface area contributed by atoms with Crippen molar-refractivity contribution in [1.82, 2.24) is 5.32 Å². The van der Waals surface area contributed by atoms with E-state index in [2.05, 4.69) is 10.6 Å². The fourth-order valence-corrected chi connectivity index (χ4v) is 2.55. The first kappa shape index (κ1) is 21.6. The van der Waals surface area contributed by atoms with E-state index in [1.54, 1.807) is 18.2 Å². The maximum absolute atomic E-state index is 12.9. The molecule has 150 valence electrons. The molecule has 2 aromatic carbocycles. The van der Waals surface area contributed by atoms with Crippen molar-refractivity contribution in [2.45, 2.75) is 19.5 Å². The molecular formula is C19H18ClF3N2O3. The van der Waals surface area contributed by atoms with Gasteiger partial charge in [0.15, 0.2) is 6.61 Å². The Morgan fingerprint density at radius 2 is 1.82 bits per heavy atom. The van der Waals surface area contributed by atoms with Crippen LogP contribution < -0.4 is 15.4 Å². The first-order chi connectivity index (χ1) is 13.2. The van der Waals surface area contributed by atoms with Crippen molar-refractivity contribution in [3.8, 4) is 5.75 Å². The van der Waals surface area contributed by atoms with Crippen LogP contribution >= 0.6 is 11.6 Å². The second-order valence-electron chi connectivity index (χ2n) is 5.91. The number of alkyl halides is 3. The molecule has 0 aliphatic heterocycles. The molecular weight excluding hydrogens is 397 g/mol. The Morgan fingerprint density at radius 3 is 2.50 bits per heavy atom. The molecule has 28 heavy (non-hydrogen) atoms. The Morgan fingerprint density at radius 1 is 1.11 bits per heavy atom. The number of ether oxygens (including phenoxy) is 1. The largest absolute Gasteiger partial charge is 0.483 e. The molecule has 0 aliphatic rings. The fourth-order valence-electron chi connectivity index (χ4n) is 2.27. The number of para-hydroxylation sites is 1. The van der Waals surface area contributed by atoms with E-state index in [1.165, 1.54) is 12.1 Å². The molecule has 2 amide bonds. The lowest BCUT2D eigenvalue weighted by molar-refractivity contribution is -0.139. The molecule has 0 unspecified atom stereocenters. The number of halogens is 4. The van der Waals surface area contributed by atoms with Gasteiger partial charge in [0.1, 0.15) is 5.75 Å². The van der Waals surface area contributed by atoms with Crippen LogP contribution in [0.25, 0.3) is 0 Å². The highest BCUT2D eigenvalue weighted by Crippen LogP contribution is 2.35. The zero-order chi connectivity index (χ0) is 20.7. The summed E-state index contributed by atoms with van der Waals surface area (Å²) in [7, 11) is 0. The highest BCUT2D eigenvalue weighted by atomic mass is 35.5. The molecule has 0 aliphatic carbocycles. The maximum atomic E-state index is 12.9. The van der Waals surface area contributed by atoms with E-state index in [1.807, 2.05) is 6.92 Å². The summed E-state index contributed by atoms with van der Waals surface area (Å²) in [5.74, 6) is -1.44. The number of anilines is 1. The summed E-state index contributed by atoms with van der Waals surface area (Å²) >= 11 is 6.02. The van der Waals surface area contributed by atoms with Crippen molar-refractivity contribution < 1.29 is 27.5 Å². The van der Waals surface area contributed by atoms with Gasteiger partial charge in [0, 0.05) is 13.0 Å². The Bertz CT molecular complexity index is 857. The van der Waals surface area contributed by atoms with E-state index in [4.69, 9.17) is 16.3 Å². The third kappa shape index (κ3) is 6.45. The van der Waals surface area contributed by atoms with Crippen LogP contribution in [0, 0.1) is 6.92 Å². The van der Waals surface area contributed by atoms with Crippen LogP contribution in [0.2, 0.25) is 5.02 Å². The predicted molar refractivity (Wildman–Crippen MR) is 99.4 cm³/mol. The monoisotopic (exact) mass is 414 g/mol. The SMILES string of the molecule is Cc1ccc(NC(=O)CCNC(=O)COc2ccccc2C(F)(F)F)c(Cl)c1. The van der Waals surface area contributed by atoms with Gasteiger partial charge in [-0.3, -0.25) is 9.59 Å². The van der Waals surface area contributed by atoms with Gasteiger partial charge < -0.3 is 15.4 Å². The van der Waals surface area contributed by atoms with E-state index in [-0.39, 0.29) is 18.9 Å². The quantitative estimate of drug-likeness (QED) is 0.713. The van der Waals surface area contributed by atoms with Crippen LogP contribution in [0.5, 0.6) is 5.75 Å². The van der Waals surface area contributed by atoms with Gasteiger partial charge in [0.2, 0.25) is 5.91 Å². The molecule has 0 aromatic heterocycles. The Labute approximate surface area is 164 Å². The lowest BCUT2D eigenvalue weighted by Gasteiger charge is -2.13. The van der Waals surface area contributed by atoms with Crippen molar-refractivity contribution >= 4 is 29.1 Å². The minimum Gasteiger partial charge on any atom is -0.483 e. The average Bonchev–Trinajstić information content (AvgIpc) is 2.62. The van der Waals surface area contributed by atoms with Gasteiger partial charge in [-0.05, 0) is 36.8 Å². The van der Waals surface area contributed by atoms with Crippen molar-refractivity contribution in [1.29, 1.82) is 0 Å². The van der Waals surface area contributed by atoms with E-state index in [0.29, 0.717) is 10.7 Å². The molecule has 0 saturated heterocycles. The number of hydrogen-bond acceptors (Lipinski definition) is 3. The minimum atomic E-state index is -4.58. The predicted octanol–water partition coefficient (Wildman–Crippen LogP) is 4.19. The molecule has 2 N–H and O–H groups in total. The van der Waals surface area contributed by atoms with E-state index in [0.717, 1.165) is 17.7 Å². The molecule has 0 atom stereocenters. The zero-order valence-electron chi connectivity index (χ0n) is 14.9. The van der Waals surface area contributed by atoms with Crippen molar-refractivity contribution in [3.63, 3.8) is 0 Å². The lowest BCUT2D eigenvalue weighted by atomic mass is 10.2. The molecule has 5 nitrogen and oxygen atoms in total. The highest BCUT2D eigenvalue weighted by Gasteiger charge is 2.34. The number of hydrogen-bond donors (Lipinski definition) is 2. The Balaban J connectivity index is 1.77. The standard InChI is InChI=1S/C19H18ClF3N2O3/c1-12-6-7-15(14(20)10-12)25-17(26)8-9-24-18(27)11-28-16-5-3-2-4-13(16)19(21,22)23/h2-7,10H,8-9,11H2,1H3,(H,24,27)(H,25,26). The molecule has 0 heterocycles. The van der Waals surface area contributed by atoms with Crippen molar-refractivity contribution in [3.05, 3.63) is 58.6 Å². The van der Waals surface area contributed by atoms with Gasteiger partial charge in [0.25, 0.3) is 5.91 Å². The summed E-state index contributed by atoms with van der Waals surface area (Å²) < 4.78 is 43.5. The van der Waals surface area contributed by atoms with E-state index < -0.39 is 30.0 Å². The van der Waals surface area contributed by atoms with Crippen LogP contribution in [0.1, 0.15) is 17.5 Å². The fraction of sp³-hybridized carbons (Fsp3) is 0.263. The first-order valence-electron chi connectivity index (χ1n) is 8.28. The number of carbonyl (C=O) groups is 2. The van der Waals surface area contributed by atoms with Gasteiger partial charge >= 0.3 is 6.18 Å². The summed E-state index contributed by atoms with van der Waals surface area (Å²) in [6.07, 6.45) is -4.61. The van der Waals surface area contributed by atoms with Crippen LogP contribution in [0.4, 0.5) is 18.9 Å². The van der Waals surface area contributed by atoms with Crippen LogP contribution in [-0.2, 0) is 15.8 Å². The number of benzene rings is 2. The summed E-state index contributed by atoms with van der Waals surface area (Å²) in [6, 6.07) is 9.77. The van der Waals surface area contributed by atoms with Gasteiger partial charge in [-0.15, -0.1) is 0 Å². The zero-order valence-corrected chi connectivity index (χ0v) is 15.7. The molecule has 0 saturated carbocycles. The van der Waals surface area contributed by atoms with Gasteiger partial charge in [0.05, 0.1) is 16.3 Å². The van der Waals surface area contributed by atoms with Crippen LogP contribution in [0.3, 0.4) is 0 Å². The molecule has 0 radical (unpaired) electrons. The summed E-state index contributed by atoms with van der Waals surface area (Å²) in [6.45, 7) is 1.26. The van der Waals surface area contributed by atoms with Gasteiger partial charge in [-0.25, -0.2) is 0 Å². The second kappa shape index (κ2) is 9.45. The van der Waals surface area contributed by atoms with Crippen molar-refractivity contribution in [2.75, 3.05) is 18.5 Å². The number of rotatable bonds is 7. The second-order valence-corrected chi connectivity index (χ2v) is 6.32. The van der Waals surface area contributed by atoms with Crippen LogP contribution in [-0.4, -0.2) is 25.0 Å². The third-order valence-corrected chi connectivity index (χ3v) is 3.94. The molecule has 0 spiro atoms. The van der Waals surface area contributed by atoms with E-state index >= 15 is 0 Å². The normalized spacial score (nSPS) is 11.0. The van der Waals surface area contributed by atoms with Gasteiger partial charge in [-0.2, -0.15) is 13.2 Å². The molecule has 2 aromatic rings. The Hall–Kier alpha value is -2.74. The smallest absolute Gasteiger partial charge is 0.419 e. The Kier molecular flexibility index (Phi) is 7.28. The molecule has 0 bridgehead atoms. The number of carbonyl (C=O) groups excluding carboxylic acids is 2. The number of amides is 2. The van der Waals surface area contributed by atoms with E-state index in [9.17, 15) is 22.8 Å². The number of nitrogens with one attached hydrogen (secondary N) is 2. The summed E-state index contributed by atoms with van der Waals surface area (Å²) in [5, 5.41) is 5.42. The first-order valence-corrected chi connectivity index (χ1v) is 8.66. The topological polar surface area (TPSA) is 67.4 Å². The third-order valence-electron chi connectivity index (χ3n) is 3.62. The minimum absolute atomic E-state index is 0.00156. The van der Waals surface area contributed by atoms with Gasteiger partial charge in [-0.1, -0.05) is 29.8 Å². The summed E-state index contributed by atoms with van der Waals surface area (Å²) in [5.41, 5.74) is 0.440. The van der Waals surface area contributed by atoms with Crippen LogP contribution in [0.15, 0.2) is 42.5 Å². The highest BCUT2D eigenvalue weighted by molar-refractivity contribution is 6.33. The molecule has 0 fully saturated rings. The lowest BCUT2D eigenvalue weighted by Crippen LogP contribution is -2.32.